The van der Waals surface area contributed by atoms with E-state index in [0.717, 1.165) is 5.56 Å². The normalized spacial score (nSPS) is 15.2. The van der Waals surface area contributed by atoms with Crippen molar-refractivity contribution in [2.75, 3.05) is 0 Å². The first-order chi connectivity index (χ1) is 10.5. The van der Waals surface area contributed by atoms with Crippen LogP contribution in [0, 0.1) is 0 Å². The van der Waals surface area contributed by atoms with Gasteiger partial charge in [-0.05, 0) is 5.56 Å². The molecule has 8 heteroatoms. The van der Waals surface area contributed by atoms with E-state index < -0.39 is 16.4 Å². The Morgan fingerprint density at radius 2 is 1.91 bits per heavy atom. The maximum Gasteiger partial charge on any atom is 0.263 e. The molecule has 2 heterocycles. The van der Waals surface area contributed by atoms with Gasteiger partial charge in [0.2, 0.25) is 10.0 Å². The van der Waals surface area contributed by atoms with Crippen LogP contribution in [-0.4, -0.2) is 22.7 Å². The summed E-state index contributed by atoms with van der Waals surface area (Å²) in [5, 5.41) is 0. The van der Waals surface area contributed by atoms with Crippen molar-refractivity contribution < 1.29 is 17.2 Å². The van der Waals surface area contributed by atoms with Gasteiger partial charge in [0.15, 0.2) is 0 Å². The molecule has 22 heavy (non-hydrogen) atoms. The van der Waals surface area contributed by atoms with Crippen LogP contribution in [-0.2, 0) is 28.9 Å². The summed E-state index contributed by atoms with van der Waals surface area (Å²) in [6, 6.07) is 5.34. The Balaban J connectivity index is 1.75. The average Bonchev–Trinajstić information content (AvgIpc) is 2.92. The second-order valence-electron chi connectivity index (χ2n) is 5.06. The SMILES string of the molecule is O=S(=O)(Cc1ccc(C(F)F)cc1)N1Cc2cncnc2C1. The zero-order valence-corrected chi connectivity index (χ0v) is 12.3. The molecule has 5 nitrogen and oxygen atoms in total. The summed E-state index contributed by atoms with van der Waals surface area (Å²) in [4.78, 5) is 7.94. The lowest BCUT2D eigenvalue weighted by Crippen LogP contribution is -2.27. The number of hydrogen-bond donors (Lipinski definition) is 0. The van der Waals surface area contributed by atoms with E-state index in [4.69, 9.17) is 0 Å². The second-order valence-corrected chi connectivity index (χ2v) is 7.03. The Hall–Kier alpha value is -1.93. The fourth-order valence-electron chi connectivity index (χ4n) is 2.33. The van der Waals surface area contributed by atoms with Crippen molar-refractivity contribution >= 4 is 10.0 Å². The van der Waals surface area contributed by atoms with Gasteiger partial charge in [-0.25, -0.2) is 27.2 Å². The molecule has 0 N–H and O–H groups in total. The Bertz CT molecular complexity index is 754. The highest BCUT2D eigenvalue weighted by molar-refractivity contribution is 7.88. The van der Waals surface area contributed by atoms with Crippen LogP contribution in [0.2, 0.25) is 0 Å². The van der Waals surface area contributed by atoms with Crippen molar-refractivity contribution in [1.82, 2.24) is 14.3 Å². The average molecular weight is 325 g/mol. The molecule has 0 saturated heterocycles. The van der Waals surface area contributed by atoms with Gasteiger partial charge in [-0.2, -0.15) is 4.31 Å². The molecule has 0 amide bonds. The van der Waals surface area contributed by atoms with E-state index in [9.17, 15) is 17.2 Å². The van der Waals surface area contributed by atoms with Gasteiger partial charge in [0.25, 0.3) is 6.43 Å². The minimum Gasteiger partial charge on any atom is -0.244 e. The zero-order valence-electron chi connectivity index (χ0n) is 11.5. The van der Waals surface area contributed by atoms with Gasteiger partial charge in [-0.1, -0.05) is 24.3 Å². The van der Waals surface area contributed by atoms with E-state index in [1.165, 1.54) is 34.9 Å². The number of benzene rings is 1. The highest BCUT2D eigenvalue weighted by Gasteiger charge is 2.30. The Labute approximate surface area is 126 Å². The molecule has 0 fully saturated rings. The summed E-state index contributed by atoms with van der Waals surface area (Å²) in [6.07, 6.45) is 0.435. The largest absolute Gasteiger partial charge is 0.263 e. The van der Waals surface area contributed by atoms with Crippen LogP contribution >= 0.6 is 0 Å². The smallest absolute Gasteiger partial charge is 0.244 e. The number of nitrogens with zero attached hydrogens (tertiary/aromatic N) is 3. The molecular formula is C14H13F2N3O2S. The van der Waals surface area contributed by atoms with Gasteiger partial charge in [-0.3, -0.25) is 0 Å². The molecule has 0 saturated carbocycles. The molecule has 0 spiro atoms. The zero-order chi connectivity index (χ0) is 15.7. The van der Waals surface area contributed by atoms with Gasteiger partial charge in [0.05, 0.1) is 18.0 Å². The number of alkyl halides is 2. The quantitative estimate of drug-likeness (QED) is 0.865. The third kappa shape index (κ3) is 2.97. The molecule has 1 aromatic heterocycles. The summed E-state index contributed by atoms with van der Waals surface area (Å²) < 4.78 is 51.2. The van der Waals surface area contributed by atoms with Crippen LogP contribution in [0.1, 0.15) is 28.8 Å². The van der Waals surface area contributed by atoms with Crippen LogP contribution < -0.4 is 0 Å². The van der Waals surface area contributed by atoms with Crippen LogP contribution in [0.4, 0.5) is 8.78 Å². The lowest BCUT2D eigenvalue weighted by atomic mass is 10.2. The van der Waals surface area contributed by atoms with Crippen molar-refractivity contribution in [2.24, 2.45) is 0 Å². The first-order valence-electron chi connectivity index (χ1n) is 6.58. The van der Waals surface area contributed by atoms with Crippen LogP contribution in [0.3, 0.4) is 0 Å². The minimum atomic E-state index is -3.54. The van der Waals surface area contributed by atoms with Crippen molar-refractivity contribution in [3.8, 4) is 0 Å². The first-order valence-corrected chi connectivity index (χ1v) is 8.19. The Morgan fingerprint density at radius 1 is 1.18 bits per heavy atom. The van der Waals surface area contributed by atoms with E-state index in [2.05, 4.69) is 9.97 Å². The van der Waals surface area contributed by atoms with Gasteiger partial charge >= 0.3 is 0 Å². The molecule has 0 bridgehead atoms. The van der Waals surface area contributed by atoms with Gasteiger partial charge < -0.3 is 0 Å². The van der Waals surface area contributed by atoms with E-state index in [-0.39, 0.29) is 24.4 Å². The molecule has 0 atom stereocenters. The van der Waals surface area contributed by atoms with E-state index >= 15 is 0 Å². The molecular weight excluding hydrogens is 312 g/mol. The topological polar surface area (TPSA) is 63.2 Å². The summed E-state index contributed by atoms with van der Waals surface area (Å²) in [5.74, 6) is -0.224. The van der Waals surface area contributed by atoms with E-state index in [1.54, 1.807) is 6.20 Å². The molecule has 116 valence electrons. The molecule has 0 radical (unpaired) electrons. The van der Waals surface area contributed by atoms with E-state index in [0.29, 0.717) is 11.3 Å². The number of sulfonamides is 1. The number of aromatic nitrogens is 2. The second kappa shape index (κ2) is 5.69. The summed E-state index contributed by atoms with van der Waals surface area (Å²) in [5.41, 5.74) is 1.85. The standard InChI is InChI=1S/C14H13F2N3O2S/c15-14(16)11-3-1-10(2-4-11)8-22(20,21)19-6-12-5-17-9-18-13(12)7-19/h1-5,9,14H,6-8H2. The molecule has 1 aliphatic heterocycles. The first kappa shape index (κ1) is 15.0. The monoisotopic (exact) mass is 325 g/mol. The number of hydrogen-bond acceptors (Lipinski definition) is 4. The van der Waals surface area contributed by atoms with Gasteiger partial charge in [0.1, 0.15) is 6.33 Å². The number of rotatable bonds is 4. The highest BCUT2D eigenvalue weighted by Crippen LogP contribution is 2.25. The van der Waals surface area contributed by atoms with Crippen LogP contribution in [0.25, 0.3) is 0 Å². The summed E-state index contributed by atoms with van der Waals surface area (Å²) in [7, 11) is -3.54. The van der Waals surface area contributed by atoms with Crippen molar-refractivity contribution in [3.63, 3.8) is 0 Å². The molecule has 0 aliphatic carbocycles. The fraction of sp³-hybridized carbons (Fsp3) is 0.286. The third-order valence-electron chi connectivity index (χ3n) is 3.53. The van der Waals surface area contributed by atoms with Crippen molar-refractivity contribution in [2.45, 2.75) is 25.3 Å². The Morgan fingerprint density at radius 3 is 2.55 bits per heavy atom. The summed E-state index contributed by atoms with van der Waals surface area (Å²) >= 11 is 0. The van der Waals surface area contributed by atoms with Gasteiger partial charge in [0, 0.05) is 23.9 Å². The molecule has 1 aromatic carbocycles. The molecule has 3 rings (SSSR count). The van der Waals surface area contributed by atoms with Crippen LogP contribution in [0.5, 0.6) is 0 Å². The maximum absolute atomic E-state index is 12.5. The molecule has 2 aromatic rings. The van der Waals surface area contributed by atoms with Crippen LogP contribution in [0.15, 0.2) is 36.8 Å². The minimum absolute atomic E-state index is 0.120. The Kier molecular flexibility index (Phi) is 3.88. The molecule has 1 aliphatic rings. The van der Waals surface area contributed by atoms with Crippen molar-refractivity contribution in [3.05, 3.63) is 59.2 Å². The number of halogens is 2. The van der Waals surface area contributed by atoms with Crippen molar-refractivity contribution in [1.29, 1.82) is 0 Å². The molecule has 0 unspecified atom stereocenters. The predicted octanol–water partition coefficient (Wildman–Crippen LogP) is 2.26. The third-order valence-corrected chi connectivity index (χ3v) is 5.27. The lowest BCUT2D eigenvalue weighted by molar-refractivity contribution is 0.151. The lowest BCUT2D eigenvalue weighted by Gasteiger charge is -2.15. The van der Waals surface area contributed by atoms with Gasteiger partial charge in [-0.15, -0.1) is 0 Å². The number of fused-ring (bicyclic) bond motifs is 1. The highest BCUT2D eigenvalue weighted by atomic mass is 32.2. The predicted molar refractivity (Wildman–Crippen MR) is 75.3 cm³/mol. The maximum atomic E-state index is 12.5. The van der Waals surface area contributed by atoms with E-state index in [1.807, 2.05) is 0 Å². The summed E-state index contributed by atoms with van der Waals surface area (Å²) in [6.45, 7) is 0.461. The fourth-order valence-corrected chi connectivity index (χ4v) is 3.78.